The second kappa shape index (κ2) is 5.39. The van der Waals surface area contributed by atoms with Gasteiger partial charge in [0.25, 0.3) is 0 Å². The number of nitrogens with zero attached hydrogens (tertiary/aromatic N) is 1. The molecule has 2 aromatic rings. The Morgan fingerprint density at radius 3 is 1.96 bits per heavy atom. The number of benzene rings is 2. The maximum Gasteiger partial charge on any atom is 0.306 e. The summed E-state index contributed by atoms with van der Waals surface area (Å²) in [6.45, 7) is 0. The van der Waals surface area contributed by atoms with E-state index in [-0.39, 0.29) is 11.9 Å². The molecule has 116 valence electrons. The lowest BCUT2D eigenvalue weighted by molar-refractivity contribution is -0.140. The van der Waals surface area contributed by atoms with Gasteiger partial charge in [0.15, 0.2) is 0 Å². The third-order valence-electron chi connectivity index (χ3n) is 4.25. The van der Waals surface area contributed by atoms with Gasteiger partial charge in [0.2, 0.25) is 5.91 Å². The van der Waals surface area contributed by atoms with Gasteiger partial charge in [-0.1, -0.05) is 36.4 Å². The molecule has 2 aromatic carbocycles. The number of fused-ring (bicyclic) bond motifs is 1. The first-order valence-electron chi connectivity index (χ1n) is 7.59. The Hall–Kier alpha value is -2.32. The lowest BCUT2D eigenvalue weighted by atomic mass is 10.0. The average Bonchev–Trinajstić information content (AvgIpc) is 2.92. The molecule has 2 aliphatic rings. The van der Waals surface area contributed by atoms with Gasteiger partial charge in [-0.2, -0.15) is 0 Å². The van der Waals surface area contributed by atoms with Crippen molar-refractivity contribution in [2.45, 2.75) is 18.9 Å². The fourth-order valence-corrected chi connectivity index (χ4v) is 5.10. The number of carbonyl (C=O) groups is 1. The Bertz CT molecular complexity index is 773. The van der Waals surface area contributed by atoms with Crippen LogP contribution in [0.4, 0.5) is 0 Å². The van der Waals surface area contributed by atoms with E-state index in [1.807, 2.05) is 60.7 Å². The third-order valence-corrected chi connectivity index (χ3v) is 6.70. The van der Waals surface area contributed by atoms with E-state index >= 15 is 0 Å². The van der Waals surface area contributed by atoms with Crippen molar-refractivity contribution in [2.75, 3.05) is 0 Å². The molecule has 1 atom stereocenters. The zero-order valence-corrected chi connectivity index (χ0v) is 13.4. The van der Waals surface area contributed by atoms with Crippen LogP contribution in [-0.2, 0) is 13.9 Å². The standard InChI is InChI=1S/C18H16NO3P/c20-18-12-14-11-15(13-19(14)18)22-23(21,16-7-3-1-4-8-16)17-9-5-2-6-10-17/h1-10,13-14H,11-12H2/t14-/m1/s1. The molecule has 2 aliphatic heterocycles. The van der Waals surface area contributed by atoms with E-state index in [0.717, 1.165) is 0 Å². The van der Waals surface area contributed by atoms with Crippen LogP contribution in [0.1, 0.15) is 12.8 Å². The van der Waals surface area contributed by atoms with Gasteiger partial charge in [-0.3, -0.25) is 9.36 Å². The number of amides is 1. The van der Waals surface area contributed by atoms with Gasteiger partial charge in [0.1, 0.15) is 5.76 Å². The molecule has 0 aromatic heterocycles. The van der Waals surface area contributed by atoms with E-state index in [1.54, 1.807) is 11.1 Å². The monoisotopic (exact) mass is 325 g/mol. The SMILES string of the molecule is O=C1C[C@H]2CC(OP(=O)(c3ccccc3)c3ccccc3)=CN12. The van der Waals surface area contributed by atoms with Crippen molar-refractivity contribution in [3.05, 3.63) is 72.6 Å². The van der Waals surface area contributed by atoms with Crippen molar-refractivity contribution in [1.29, 1.82) is 0 Å². The molecular formula is C18H16NO3P. The Kier molecular flexibility index (Phi) is 3.35. The molecule has 0 radical (unpaired) electrons. The molecule has 4 rings (SSSR count). The largest absolute Gasteiger partial charge is 0.440 e. The predicted octanol–water partition coefficient (Wildman–Crippen LogP) is 2.78. The van der Waals surface area contributed by atoms with Crippen LogP contribution in [0.5, 0.6) is 0 Å². The summed E-state index contributed by atoms with van der Waals surface area (Å²) in [5.41, 5.74) is 0. The third kappa shape index (κ3) is 2.40. The van der Waals surface area contributed by atoms with E-state index in [9.17, 15) is 9.36 Å². The molecule has 1 amide bonds. The van der Waals surface area contributed by atoms with Crippen LogP contribution in [0.3, 0.4) is 0 Å². The number of hydrogen-bond acceptors (Lipinski definition) is 3. The van der Waals surface area contributed by atoms with Crippen molar-refractivity contribution in [3.8, 4) is 0 Å². The molecule has 23 heavy (non-hydrogen) atoms. The number of β-lactam (4-membered cyclic amide) rings is 1. The molecule has 0 N–H and O–H groups in total. The van der Waals surface area contributed by atoms with E-state index in [0.29, 0.717) is 29.2 Å². The quantitative estimate of drug-likeness (QED) is 0.641. The number of carbonyl (C=O) groups excluding carboxylic acids is 1. The molecular weight excluding hydrogens is 309 g/mol. The molecule has 4 nitrogen and oxygen atoms in total. The number of rotatable bonds is 4. The van der Waals surface area contributed by atoms with Crippen molar-refractivity contribution in [1.82, 2.24) is 4.90 Å². The number of hydrogen-bond donors (Lipinski definition) is 0. The van der Waals surface area contributed by atoms with Gasteiger partial charge in [-0.05, 0) is 24.3 Å². The summed E-state index contributed by atoms with van der Waals surface area (Å²) in [5, 5.41) is 1.32. The van der Waals surface area contributed by atoms with E-state index in [2.05, 4.69) is 0 Å². The maximum atomic E-state index is 13.7. The first kappa shape index (κ1) is 14.3. The van der Waals surface area contributed by atoms with Gasteiger partial charge in [0.05, 0.1) is 16.7 Å². The zero-order valence-electron chi connectivity index (χ0n) is 12.5. The van der Waals surface area contributed by atoms with Crippen molar-refractivity contribution in [2.24, 2.45) is 0 Å². The van der Waals surface area contributed by atoms with E-state index in [4.69, 9.17) is 4.52 Å². The minimum absolute atomic E-state index is 0.0999. The summed E-state index contributed by atoms with van der Waals surface area (Å²) in [6.07, 6.45) is 2.88. The van der Waals surface area contributed by atoms with Gasteiger partial charge >= 0.3 is 7.37 Å². The Balaban J connectivity index is 1.72. The van der Waals surface area contributed by atoms with Gasteiger partial charge in [0, 0.05) is 19.0 Å². The summed E-state index contributed by atoms with van der Waals surface area (Å²) >= 11 is 0. The molecule has 5 heteroatoms. The predicted molar refractivity (Wildman–Crippen MR) is 88.8 cm³/mol. The van der Waals surface area contributed by atoms with Crippen molar-refractivity contribution >= 4 is 23.9 Å². The maximum absolute atomic E-state index is 13.7. The first-order chi connectivity index (χ1) is 11.2. The van der Waals surface area contributed by atoms with Crippen LogP contribution in [0.2, 0.25) is 0 Å². The van der Waals surface area contributed by atoms with E-state index < -0.39 is 7.37 Å². The summed E-state index contributed by atoms with van der Waals surface area (Å²) in [4.78, 5) is 13.2. The summed E-state index contributed by atoms with van der Waals surface area (Å²) in [5.74, 6) is 0.722. The second-order valence-electron chi connectivity index (χ2n) is 5.77. The summed E-state index contributed by atoms with van der Waals surface area (Å²) < 4.78 is 19.7. The molecule has 2 heterocycles. The summed E-state index contributed by atoms with van der Waals surface area (Å²) in [7, 11) is -3.22. The molecule has 0 saturated carbocycles. The Morgan fingerprint density at radius 1 is 0.913 bits per heavy atom. The zero-order chi connectivity index (χ0) is 15.9. The Labute approximate surface area is 134 Å². The smallest absolute Gasteiger partial charge is 0.306 e. The molecule has 0 aliphatic carbocycles. The van der Waals surface area contributed by atoms with Gasteiger partial charge < -0.3 is 9.42 Å². The van der Waals surface area contributed by atoms with Gasteiger partial charge in [-0.25, -0.2) is 0 Å². The van der Waals surface area contributed by atoms with Crippen LogP contribution in [0.25, 0.3) is 0 Å². The normalized spacial score (nSPS) is 19.8. The van der Waals surface area contributed by atoms with E-state index in [1.165, 1.54) is 0 Å². The van der Waals surface area contributed by atoms with Crippen LogP contribution in [0, 0.1) is 0 Å². The fourth-order valence-electron chi connectivity index (χ4n) is 3.01. The highest BCUT2D eigenvalue weighted by molar-refractivity contribution is 7.74. The van der Waals surface area contributed by atoms with Crippen LogP contribution in [0.15, 0.2) is 72.6 Å². The topological polar surface area (TPSA) is 46.6 Å². The molecule has 0 spiro atoms. The minimum Gasteiger partial charge on any atom is -0.440 e. The first-order valence-corrected chi connectivity index (χ1v) is 9.22. The second-order valence-corrected chi connectivity index (χ2v) is 8.09. The Morgan fingerprint density at radius 2 is 1.48 bits per heavy atom. The average molecular weight is 325 g/mol. The highest BCUT2D eigenvalue weighted by Gasteiger charge is 2.42. The molecule has 0 unspecified atom stereocenters. The van der Waals surface area contributed by atoms with Crippen LogP contribution < -0.4 is 10.6 Å². The lowest BCUT2D eigenvalue weighted by Crippen LogP contribution is -2.45. The fraction of sp³-hybridized carbons (Fsp3) is 0.167. The minimum atomic E-state index is -3.22. The highest BCUT2D eigenvalue weighted by atomic mass is 31.2. The van der Waals surface area contributed by atoms with Gasteiger partial charge in [-0.15, -0.1) is 0 Å². The molecule has 0 bridgehead atoms. The van der Waals surface area contributed by atoms with Crippen LogP contribution >= 0.6 is 7.37 Å². The highest BCUT2D eigenvalue weighted by Crippen LogP contribution is 2.49. The lowest BCUT2D eigenvalue weighted by Gasteiger charge is -2.32. The molecule has 1 saturated heterocycles. The van der Waals surface area contributed by atoms with Crippen LogP contribution in [-0.4, -0.2) is 16.8 Å². The summed E-state index contributed by atoms with van der Waals surface area (Å²) in [6, 6.07) is 18.7. The molecule has 1 fully saturated rings. The van der Waals surface area contributed by atoms with Crippen molar-refractivity contribution in [3.63, 3.8) is 0 Å². The van der Waals surface area contributed by atoms with Crippen molar-refractivity contribution < 1.29 is 13.9 Å².